The Labute approximate surface area is 235 Å². The van der Waals surface area contributed by atoms with Crippen LogP contribution in [0.4, 0.5) is 11.8 Å². The topological polar surface area (TPSA) is 163 Å². The summed E-state index contributed by atoms with van der Waals surface area (Å²) in [5, 5.41) is 17.0. The Morgan fingerprint density at radius 2 is 1.95 bits per heavy atom. The van der Waals surface area contributed by atoms with Crippen molar-refractivity contribution in [1.82, 2.24) is 45.2 Å². The fourth-order valence-corrected chi connectivity index (χ4v) is 4.88. The predicted molar refractivity (Wildman–Crippen MR) is 152 cm³/mol. The molecule has 4 aromatic heterocycles. The van der Waals surface area contributed by atoms with Gasteiger partial charge in [-0.25, -0.2) is 30.4 Å². The lowest BCUT2D eigenvalue weighted by atomic mass is 10.1. The normalized spacial score (nSPS) is 13.7. The fraction of sp³-hybridized carbons (Fsp3) is 0.370. The van der Waals surface area contributed by atoms with E-state index in [9.17, 15) is 4.79 Å². The molecule has 1 aliphatic rings. The molecule has 0 spiro atoms. The quantitative estimate of drug-likeness (QED) is 0.180. The molecular formula is C27H31N11O3. The number of benzene rings is 1. The number of fused-ring (bicyclic) bond motifs is 2. The minimum absolute atomic E-state index is 0.168. The van der Waals surface area contributed by atoms with Crippen molar-refractivity contribution in [3.8, 4) is 11.4 Å². The number of ether oxygens (including phenoxy) is 1. The molecule has 6 rings (SSSR count). The number of aromatic amines is 1. The molecule has 1 fully saturated rings. The van der Waals surface area contributed by atoms with Crippen molar-refractivity contribution >= 4 is 39.7 Å². The molecule has 1 amide bonds. The van der Waals surface area contributed by atoms with Crippen LogP contribution in [0.5, 0.6) is 0 Å². The minimum atomic E-state index is -0.663. The van der Waals surface area contributed by atoms with Crippen LogP contribution in [-0.4, -0.2) is 83.6 Å². The van der Waals surface area contributed by atoms with E-state index >= 15 is 0 Å². The number of unbranched alkanes of at least 4 members (excludes halogenated alkanes) is 1. The third kappa shape index (κ3) is 5.26. The van der Waals surface area contributed by atoms with Gasteiger partial charge in [0.1, 0.15) is 5.82 Å². The van der Waals surface area contributed by atoms with Crippen LogP contribution in [0.3, 0.4) is 0 Å². The van der Waals surface area contributed by atoms with Crippen LogP contribution < -0.4 is 15.3 Å². The summed E-state index contributed by atoms with van der Waals surface area (Å²) in [4.78, 5) is 39.8. The Bertz CT molecular complexity index is 1680. The number of hydroxylamine groups is 1. The molecule has 1 aliphatic heterocycles. The maximum Gasteiger partial charge on any atom is 0.277 e. The first kappa shape index (κ1) is 26.5. The molecule has 0 bridgehead atoms. The van der Waals surface area contributed by atoms with Gasteiger partial charge in [-0.3, -0.25) is 15.1 Å². The zero-order valence-electron chi connectivity index (χ0n) is 22.9. The van der Waals surface area contributed by atoms with Gasteiger partial charge in [0, 0.05) is 50.0 Å². The van der Waals surface area contributed by atoms with Crippen LogP contribution in [-0.2, 0) is 18.3 Å². The molecule has 1 saturated heterocycles. The SMILES string of the molecule is CCCCN(Cc1nc2c(N3CCOCC3)nc(-c3ccc4[nH]ncc4c3)nc2n1C)c1ncc(C(=O)NO)cn1. The Morgan fingerprint density at radius 1 is 1.15 bits per heavy atom. The maximum atomic E-state index is 11.7. The number of carbonyl (C=O) groups excluding carboxylic acids is 1. The Balaban J connectivity index is 1.41. The summed E-state index contributed by atoms with van der Waals surface area (Å²) in [6.45, 7) is 5.91. The summed E-state index contributed by atoms with van der Waals surface area (Å²) in [6.07, 6.45) is 6.49. The molecule has 212 valence electrons. The third-order valence-corrected chi connectivity index (χ3v) is 7.20. The fourth-order valence-electron chi connectivity index (χ4n) is 4.88. The van der Waals surface area contributed by atoms with Crippen molar-refractivity contribution in [2.45, 2.75) is 26.3 Å². The second-order valence-electron chi connectivity index (χ2n) is 9.89. The molecule has 0 saturated carbocycles. The highest BCUT2D eigenvalue weighted by Gasteiger charge is 2.24. The number of nitrogens with one attached hydrogen (secondary N) is 2. The number of morpholine rings is 1. The predicted octanol–water partition coefficient (Wildman–Crippen LogP) is 2.46. The third-order valence-electron chi connectivity index (χ3n) is 7.20. The van der Waals surface area contributed by atoms with E-state index in [0.29, 0.717) is 51.2 Å². The van der Waals surface area contributed by atoms with Gasteiger partial charge in [0.05, 0.1) is 37.0 Å². The first-order valence-corrected chi connectivity index (χ1v) is 13.6. The van der Waals surface area contributed by atoms with Crippen LogP contribution >= 0.6 is 0 Å². The van der Waals surface area contributed by atoms with Gasteiger partial charge in [-0.05, 0) is 24.6 Å². The van der Waals surface area contributed by atoms with Crippen LogP contribution in [0, 0.1) is 0 Å². The average molecular weight is 558 g/mol. The number of aromatic nitrogens is 8. The molecule has 3 N–H and O–H groups in total. The van der Waals surface area contributed by atoms with E-state index in [1.807, 2.05) is 34.7 Å². The van der Waals surface area contributed by atoms with Crippen LogP contribution in [0.25, 0.3) is 33.5 Å². The van der Waals surface area contributed by atoms with Gasteiger partial charge in [-0.2, -0.15) is 5.10 Å². The lowest BCUT2D eigenvalue weighted by molar-refractivity contribution is 0.0705. The van der Waals surface area contributed by atoms with Gasteiger partial charge in [0.2, 0.25) is 5.95 Å². The van der Waals surface area contributed by atoms with E-state index < -0.39 is 5.91 Å². The lowest BCUT2D eigenvalue weighted by Crippen LogP contribution is -2.37. The van der Waals surface area contributed by atoms with Gasteiger partial charge in [-0.1, -0.05) is 13.3 Å². The van der Waals surface area contributed by atoms with E-state index in [0.717, 1.165) is 52.1 Å². The van der Waals surface area contributed by atoms with Gasteiger partial charge < -0.3 is 19.1 Å². The van der Waals surface area contributed by atoms with E-state index in [-0.39, 0.29) is 5.56 Å². The number of anilines is 2. The second kappa shape index (κ2) is 11.4. The second-order valence-corrected chi connectivity index (χ2v) is 9.89. The summed E-state index contributed by atoms with van der Waals surface area (Å²) in [6, 6.07) is 6.01. The molecule has 0 radical (unpaired) electrons. The van der Waals surface area contributed by atoms with Crippen molar-refractivity contribution in [3.05, 3.63) is 48.2 Å². The molecule has 0 unspecified atom stereocenters. The summed E-state index contributed by atoms with van der Waals surface area (Å²) in [5.74, 6) is 1.97. The lowest BCUT2D eigenvalue weighted by Gasteiger charge is -2.28. The monoisotopic (exact) mass is 557 g/mol. The molecule has 1 aromatic carbocycles. The molecule has 41 heavy (non-hydrogen) atoms. The van der Waals surface area contributed by atoms with Crippen LogP contribution in [0.1, 0.15) is 35.9 Å². The Morgan fingerprint density at radius 3 is 2.71 bits per heavy atom. The van der Waals surface area contributed by atoms with Crippen molar-refractivity contribution in [1.29, 1.82) is 0 Å². The summed E-state index contributed by atoms with van der Waals surface area (Å²) >= 11 is 0. The number of nitrogens with zero attached hydrogens (tertiary/aromatic N) is 9. The number of aryl methyl sites for hydroxylation is 1. The van der Waals surface area contributed by atoms with E-state index in [2.05, 4.69) is 32.0 Å². The minimum Gasteiger partial charge on any atom is -0.378 e. The summed E-state index contributed by atoms with van der Waals surface area (Å²) in [5.41, 5.74) is 5.07. The number of rotatable bonds is 9. The molecule has 14 nitrogen and oxygen atoms in total. The van der Waals surface area contributed by atoms with Crippen molar-refractivity contribution in [2.24, 2.45) is 7.05 Å². The zero-order chi connectivity index (χ0) is 28.3. The van der Waals surface area contributed by atoms with Gasteiger partial charge in [0.25, 0.3) is 5.91 Å². The molecule has 0 atom stereocenters. The maximum absolute atomic E-state index is 11.7. The number of carbonyl (C=O) groups is 1. The number of H-pyrrole nitrogens is 1. The van der Waals surface area contributed by atoms with Gasteiger partial charge in [-0.15, -0.1) is 0 Å². The summed E-state index contributed by atoms with van der Waals surface area (Å²) < 4.78 is 7.60. The highest BCUT2D eigenvalue weighted by atomic mass is 16.5. The smallest absolute Gasteiger partial charge is 0.277 e. The first-order valence-electron chi connectivity index (χ1n) is 13.6. The van der Waals surface area contributed by atoms with Gasteiger partial charge in [0.15, 0.2) is 22.8 Å². The van der Waals surface area contributed by atoms with Crippen molar-refractivity contribution in [3.63, 3.8) is 0 Å². The number of amides is 1. The number of hydrogen-bond donors (Lipinski definition) is 3. The first-order chi connectivity index (χ1) is 20.1. The Kier molecular flexibility index (Phi) is 7.39. The van der Waals surface area contributed by atoms with Crippen LogP contribution in [0.15, 0.2) is 36.8 Å². The largest absolute Gasteiger partial charge is 0.378 e. The van der Waals surface area contributed by atoms with Gasteiger partial charge >= 0.3 is 0 Å². The van der Waals surface area contributed by atoms with E-state index in [1.165, 1.54) is 12.4 Å². The van der Waals surface area contributed by atoms with Crippen molar-refractivity contribution < 1.29 is 14.7 Å². The Hall–Kier alpha value is -4.69. The summed E-state index contributed by atoms with van der Waals surface area (Å²) in [7, 11) is 1.96. The molecule has 0 aliphatic carbocycles. The molecule has 5 aromatic rings. The molecule has 14 heteroatoms. The van der Waals surface area contributed by atoms with E-state index in [1.54, 1.807) is 11.7 Å². The number of hydrogen-bond acceptors (Lipinski definition) is 11. The average Bonchev–Trinajstić information content (AvgIpc) is 3.62. The van der Waals surface area contributed by atoms with E-state index in [4.69, 9.17) is 24.9 Å². The highest BCUT2D eigenvalue weighted by molar-refractivity contribution is 5.92. The van der Waals surface area contributed by atoms with Crippen LogP contribution in [0.2, 0.25) is 0 Å². The molecule has 5 heterocycles. The standard InChI is InChI=1S/C27H31N11O3/c1-3-4-7-38(27-28-13-19(14-29-27)26(39)35-40)16-21-31-22-24(36(21)2)32-23(33-25(22)37-8-10-41-11-9-37)17-5-6-20-18(12-17)15-30-34-20/h5-6,12-15,40H,3-4,7-11,16H2,1-2H3,(H,30,34)(H,35,39). The highest BCUT2D eigenvalue weighted by Crippen LogP contribution is 2.30. The zero-order valence-corrected chi connectivity index (χ0v) is 22.9. The molecular weight excluding hydrogens is 526 g/mol. The van der Waals surface area contributed by atoms with Crippen molar-refractivity contribution in [2.75, 3.05) is 42.6 Å². The number of imidazole rings is 1.